The summed E-state index contributed by atoms with van der Waals surface area (Å²) in [4.78, 5) is 30.4. The van der Waals surface area contributed by atoms with Crippen molar-refractivity contribution in [3.63, 3.8) is 0 Å². The van der Waals surface area contributed by atoms with Crippen LogP contribution in [-0.4, -0.2) is 32.0 Å². The second-order valence-corrected chi connectivity index (χ2v) is 6.45. The van der Waals surface area contributed by atoms with Crippen LogP contribution in [0.1, 0.15) is 31.9 Å². The zero-order valence-electron chi connectivity index (χ0n) is 13.1. The summed E-state index contributed by atoms with van der Waals surface area (Å²) in [5.74, 6) is -0.144. The molecule has 0 saturated carbocycles. The highest BCUT2D eigenvalue weighted by molar-refractivity contribution is 8.18. The summed E-state index contributed by atoms with van der Waals surface area (Å²) in [7, 11) is 0. The van der Waals surface area contributed by atoms with Gasteiger partial charge in [-0.2, -0.15) is 0 Å². The third kappa shape index (κ3) is 3.32. The zero-order valence-corrected chi connectivity index (χ0v) is 13.9. The van der Waals surface area contributed by atoms with E-state index in [9.17, 15) is 9.59 Å². The maximum atomic E-state index is 12.2. The van der Waals surface area contributed by atoms with Crippen LogP contribution >= 0.6 is 11.8 Å². The molecule has 2 aromatic heterocycles. The van der Waals surface area contributed by atoms with Crippen LogP contribution in [-0.2, 0) is 11.2 Å². The number of unbranched alkanes of at least 4 members (excludes halogenated alkanes) is 1. The van der Waals surface area contributed by atoms with Crippen LogP contribution in [0.3, 0.4) is 0 Å². The molecule has 1 aliphatic heterocycles. The molecule has 1 saturated heterocycles. The monoisotopic (exact) mass is 329 g/mol. The summed E-state index contributed by atoms with van der Waals surface area (Å²) < 4.78 is 2.04. The average Bonchev–Trinajstić information content (AvgIpc) is 3.13. The molecule has 3 rings (SSSR count). The first kappa shape index (κ1) is 15.8. The lowest BCUT2D eigenvalue weighted by Crippen LogP contribution is -2.29. The highest BCUT2D eigenvalue weighted by Crippen LogP contribution is 2.31. The molecule has 0 unspecified atom stereocenters. The first-order valence-electron chi connectivity index (χ1n) is 7.85. The van der Waals surface area contributed by atoms with Crippen LogP contribution < -0.4 is 0 Å². The number of amides is 2. The molecule has 2 amide bonds. The lowest BCUT2D eigenvalue weighted by molar-refractivity contribution is -0.122. The minimum absolute atomic E-state index is 0.144. The standard InChI is InChI=1S/C17H19N3O2S/c1-2-3-8-14-16(21)20(17(22)23-14)11-5-7-13-6-4-9-15-18-10-12-19(13)15/h4,6,8-10,12H,2-3,5,7,11H2,1H3. The fraction of sp³-hybridized carbons (Fsp3) is 0.353. The molecule has 0 aromatic carbocycles. The van der Waals surface area contributed by atoms with Gasteiger partial charge in [0.25, 0.3) is 11.1 Å². The molecule has 6 heteroatoms. The summed E-state index contributed by atoms with van der Waals surface area (Å²) >= 11 is 1.06. The molecule has 5 nitrogen and oxygen atoms in total. The molecule has 0 aliphatic carbocycles. The van der Waals surface area contributed by atoms with E-state index in [-0.39, 0.29) is 11.1 Å². The molecular formula is C17H19N3O2S. The predicted octanol–water partition coefficient (Wildman–Crippen LogP) is 3.65. The van der Waals surface area contributed by atoms with Crippen LogP contribution in [0.15, 0.2) is 41.6 Å². The lowest BCUT2D eigenvalue weighted by Gasteiger charge is -2.12. The Morgan fingerprint density at radius 2 is 2.17 bits per heavy atom. The summed E-state index contributed by atoms with van der Waals surface area (Å²) in [6, 6.07) is 5.98. The van der Waals surface area contributed by atoms with Gasteiger partial charge in [-0.1, -0.05) is 25.5 Å². The SMILES string of the molecule is CCCC=C1SC(=O)N(CCCc2cccc3nccn23)C1=O. The van der Waals surface area contributed by atoms with Crippen LogP contribution in [0, 0.1) is 0 Å². The third-order valence-electron chi connectivity index (χ3n) is 3.82. The molecule has 1 aliphatic rings. The third-order valence-corrected chi connectivity index (χ3v) is 4.78. The Bertz CT molecular complexity index is 766. The molecule has 0 atom stereocenters. The average molecular weight is 329 g/mol. The van der Waals surface area contributed by atoms with Gasteiger partial charge in [0.2, 0.25) is 0 Å². The largest absolute Gasteiger partial charge is 0.304 e. The minimum atomic E-state index is -0.154. The van der Waals surface area contributed by atoms with E-state index in [2.05, 4.69) is 11.9 Å². The van der Waals surface area contributed by atoms with Crippen molar-refractivity contribution < 1.29 is 9.59 Å². The Hall–Kier alpha value is -2.08. The van der Waals surface area contributed by atoms with Gasteiger partial charge in [-0.15, -0.1) is 0 Å². The van der Waals surface area contributed by atoms with Crippen LogP contribution in [0.5, 0.6) is 0 Å². The number of rotatable bonds is 6. The maximum Gasteiger partial charge on any atom is 0.293 e. The van der Waals surface area contributed by atoms with E-state index in [1.807, 2.05) is 34.9 Å². The normalized spacial score (nSPS) is 16.9. The zero-order chi connectivity index (χ0) is 16.2. The summed E-state index contributed by atoms with van der Waals surface area (Å²) in [5, 5.41) is -0.154. The van der Waals surface area contributed by atoms with Crippen LogP contribution in [0.4, 0.5) is 4.79 Å². The number of imidazole rings is 1. The quantitative estimate of drug-likeness (QED) is 0.759. The number of allylic oxidation sites excluding steroid dienone is 1. The van der Waals surface area contributed by atoms with Crippen molar-refractivity contribution in [2.75, 3.05) is 6.54 Å². The van der Waals surface area contributed by atoms with Gasteiger partial charge in [-0.25, -0.2) is 4.98 Å². The Kier molecular flexibility index (Phi) is 4.81. The van der Waals surface area contributed by atoms with E-state index in [4.69, 9.17) is 0 Å². The van der Waals surface area contributed by atoms with Gasteiger partial charge in [-0.05, 0) is 43.2 Å². The molecule has 3 heterocycles. The summed E-state index contributed by atoms with van der Waals surface area (Å²) in [6.45, 7) is 2.51. The molecule has 0 radical (unpaired) electrons. The number of carbonyl (C=O) groups excluding carboxylic acids is 2. The molecule has 0 bridgehead atoms. The van der Waals surface area contributed by atoms with Crippen molar-refractivity contribution in [1.82, 2.24) is 14.3 Å². The molecule has 0 N–H and O–H groups in total. The van der Waals surface area contributed by atoms with Gasteiger partial charge in [0.15, 0.2) is 0 Å². The molecular weight excluding hydrogens is 310 g/mol. The number of pyridine rings is 1. The first-order chi connectivity index (χ1) is 11.2. The number of hydrogen-bond acceptors (Lipinski definition) is 4. The Morgan fingerprint density at radius 3 is 3.00 bits per heavy atom. The van der Waals surface area contributed by atoms with Crippen LogP contribution in [0.2, 0.25) is 0 Å². The summed E-state index contributed by atoms with van der Waals surface area (Å²) in [5.41, 5.74) is 2.05. The van der Waals surface area contributed by atoms with Gasteiger partial charge in [0, 0.05) is 24.6 Å². The Balaban J connectivity index is 1.61. The van der Waals surface area contributed by atoms with Gasteiger partial charge in [0.1, 0.15) is 5.65 Å². The molecule has 1 fully saturated rings. The van der Waals surface area contributed by atoms with Crippen molar-refractivity contribution in [3.05, 3.63) is 47.3 Å². The van der Waals surface area contributed by atoms with Crippen LogP contribution in [0.25, 0.3) is 5.65 Å². The molecule has 120 valence electrons. The van der Waals surface area contributed by atoms with E-state index >= 15 is 0 Å². The van der Waals surface area contributed by atoms with Gasteiger partial charge in [-0.3, -0.25) is 14.5 Å². The number of thioether (sulfide) groups is 1. The smallest absolute Gasteiger partial charge is 0.293 e. The summed E-state index contributed by atoms with van der Waals surface area (Å²) in [6.07, 6.45) is 8.92. The van der Waals surface area contributed by atoms with Crippen molar-refractivity contribution in [2.24, 2.45) is 0 Å². The first-order valence-corrected chi connectivity index (χ1v) is 8.67. The van der Waals surface area contributed by atoms with E-state index in [1.165, 1.54) is 4.90 Å². The molecule has 23 heavy (non-hydrogen) atoms. The Labute approximate surface area is 139 Å². The number of fused-ring (bicyclic) bond motifs is 1. The number of imide groups is 1. The molecule has 0 spiro atoms. The topological polar surface area (TPSA) is 54.7 Å². The van der Waals surface area contributed by atoms with Gasteiger partial charge >= 0.3 is 0 Å². The number of nitrogens with zero attached hydrogens (tertiary/aromatic N) is 3. The van der Waals surface area contributed by atoms with Crippen molar-refractivity contribution >= 4 is 28.6 Å². The predicted molar refractivity (Wildman–Crippen MR) is 91.2 cm³/mol. The number of aromatic nitrogens is 2. The van der Waals surface area contributed by atoms with E-state index in [0.717, 1.165) is 48.8 Å². The van der Waals surface area contributed by atoms with Crippen molar-refractivity contribution in [1.29, 1.82) is 0 Å². The number of aryl methyl sites for hydroxylation is 1. The number of hydrogen-bond donors (Lipinski definition) is 0. The highest BCUT2D eigenvalue weighted by Gasteiger charge is 2.34. The second-order valence-electron chi connectivity index (χ2n) is 5.46. The highest BCUT2D eigenvalue weighted by atomic mass is 32.2. The van der Waals surface area contributed by atoms with Gasteiger partial charge < -0.3 is 4.40 Å². The van der Waals surface area contributed by atoms with Gasteiger partial charge in [0.05, 0.1) is 4.91 Å². The second kappa shape index (κ2) is 7.00. The lowest BCUT2D eigenvalue weighted by atomic mass is 10.2. The molecule has 2 aromatic rings. The van der Waals surface area contributed by atoms with E-state index in [1.54, 1.807) is 6.20 Å². The fourth-order valence-electron chi connectivity index (χ4n) is 2.63. The van der Waals surface area contributed by atoms with E-state index in [0.29, 0.717) is 11.4 Å². The van der Waals surface area contributed by atoms with Crippen molar-refractivity contribution in [2.45, 2.75) is 32.6 Å². The number of carbonyl (C=O) groups is 2. The maximum absolute atomic E-state index is 12.2. The Morgan fingerprint density at radius 1 is 1.30 bits per heavy atom. The van der Waals surface area contributed by atoms with E-state index < -0.39 is 0 Å². The minimum Gasteiger partial charge on any atom is -0.304 e. The fourth-order valence-corrected chi connectivity index (χ4v) is 3.51. The van der Waals surface area contributed by atoms with Crippen molar-refractivity contribution in [3.8, 4) is 0 Å².